The van der Waals surface area contributed by atoms with Crippen molar-refractivity contribution in [2.24, 2.45) is 0 Å². The third-order valence-corrected chi connectivity index (χ3v) is 4.50. The van der Waals surface area contributed by atoms with E-state index < -0.39 is 6.10 Å². The maximum Gasteiger partial charge on any atom is 0.263 e. The van der Waals surface area contributed by atoms with Gasteiger partial charge < -0.3 is 20.5 Å². The van der Waals surface area contributed by atoms with Crippen molar-refractivity contribution < 1.29 is 14.6 Å². The fourth-order valence-electron chi connectivity index (χ4n) is 2.11. The van der Waals surface area contributed by atoms with Crippen LogP contribution in [0.15, 0.2) is 24.3 Å². The molecule has 5 nitrogen and oxygen atoms in total. The molecule has 3 N–H and O–H groups in total. The second-order valence-electron chi connectivity index (χ2n) is 4.74. The third kappa shape index (κ3) is 3.37. The van der Waals surface area contributed by atoms with E-state index in [9.17, 15) is 9.90 Å². The minimum Gasteiger partial charge on any atom is -0.477 e. The van der Waals surface area contributed by atoms with Gasteiger partial charge in [-0.15, -0.1) is 0 Å². The summed E-state index contributed by atoms with van der Waals surface area (Å²) in [4.78, 5) is 12.2. The summed E-state index contributed by atoms with van der Waals surface area (Å²) in [7, 11) is 0. The zero-order valence-electron chi connectivity index (χ0n) is 11.6. The molecular formula is C14H20N2O3S. The predicted molar refractivity (Wildman–Crippen MR) is 81.3 cm³/mol. The Morgan fingerprint density at radius 3 is 3.05 bits per heavy atom. The number of aliphatic hydroxyl groups excluding tert-OH is 1. The van der Waals surface area contributed by atoms with Gasteiger partial charge in [-0.05, 0) is 25.3 Å². The Hall–Kier alpha value is -1.40. The summed E-state index contributed by atoms with van der Waals surface area (Å²) in [5.41, 5.74) is 0.905. The van der Waals surface area contributed by atoms with Crippen LogP contribution in [0.25, 0.3) is 0 Å². The molecule has 20 heavy (non-hydrogen) atoms. The molecule has 0 saturated heterocycles. The average molecular weight is 296 g/mol. The normalized spacial score (nSPS) is 20.1. The third-order valence-electron chi connectivity index (χ3n) is 3.34. The van der Waals surface area contributed by atoms with Crippen LogP contribution in [0.2, 0.25) is 0 Å². The molecule has 110 valence electrons. The predicted octanol–water partition coefficient (Wildman–Crippen LogP) is 1.09. The molecule has 0 spiro atoms. The smallest absolute Gasteiger partial charge is 0.263 e. The first-order chi connectivity index (χ1) is 9.65. The van der Waals surface area contributed by atoms with Crippen LogP contribution in [0.1, 0.15) is 6.92 Å². The molecule has 1 heterocycles. The van der Waals surface area contributed by atoms with E-state index in [0.717, 1.165) is 5.69 Å². The molecule has 2 rings (SSSR count). The van der Waals surface area contributed by atoms with Crippen LogP contribution in [0, 0.1) is 0 Å². The minimum atomic E-state index is -0.548. The van der Waals surface area contributed by atoms with Gasteiger partial charge in [0.2, 0.25) is 0 Å². The number of hydrogen-bond donors (Lipinski definition) is 3. The Morgan fingerprint density at radius 1 is 1.60 bits per heavy atom. The number of amides is 1. The van der Waals surface area contributed by atoms with Gasteiger partial charge in [-0.3, -0.25) is 4.79 Å². The molecule has 3 unspecified atom stereocenters. The maximum absolute atomic E-state index is 12.2. The number of rotatable bonds is 5. The average Bonchev–Trinajstić information content (AvgIpc) is 2.48. The minimum absolute atomic E-state index is 0.0113. The number of thioether (sulfide) groups is 1. The van der Waals surface area contributed by atoms with Crippen molar-refractivity contribution in [1.82, 2.24) is 5.32 Å². The number of ether oxygens (including phenoxy) is 1. The molecule has 0 saturated carbocycles. The van der Waals surface area contributed by atoms with E-state index >= 15 is 0 Å². The zero-order chi connectivity index (χ0) is 14.5. The number of anilines is 1. The van der Waals surface area contributed by atoms with E-state index in [-0.39, 0.29) is 23.8 Å². The highest BCUT2D eigenvalue weighted by atomic mass is 32.2. The van der Waals surface area contributed by atoms with Crippen molar-refractivity contribution in [3.05, 3.63) is 24.3 Å². The van der Waals surface area contributed by atoms with Crippen molar-refractivity contribution >= 4 is 23.4 Å². The first kappa shape index (κ1) is 15.0. The van der Waals surface area contributed by atoms with Crippen LogP contribution in [0.4, 0.5) is 5.69 Å². The number of aliphatic hydroxyl groups is 1. The van der Waals surface area contributed by atoms with Crippen molar-refractivity contribution in [2.45, 2.75) is 24.3 Å². The Balaban J connectivity index is 1.95. The highest BCUT2D eigenvalue weighted by molar-refractivity contribution is 7.99. The fraction of sp³-hybridized carbons (Fsp3) is 0.500. The van der Waals surface area contributed by atoms with E-state index in [2.05, 4.69) is 10.6 Å². The molecule has 1 amide bonds. The standard InChI is InChI=1S/C14H20N2O3S/c1-9(13(8-17)20-2)16-14(18)12-7-15-10-5-3-4-6-11(10)19-12/h3-6,9,12-13,15,17H,7-8H2,1-2H3,(H,16,18). The number of nitrogens with one attached hydrogen (secondary N) is 2. The molecule has 3 atom stereocenters. The van der Waals surface area contributed by atoms with Gasteiger partial charge in [-0.2, -0.15) is 11.8 Å². The van der Waals surface area contributed by atoms with Gasteiger partial charge in [-0.1, -0.05) is 12.1 Å². The van der Waals surface area contributed by atoms with Crippen LogP contribution in [0.3, 0.4) is 0 Å². The Labute approximate surface area is 123 Å². The molecule has 0 aromatic heterocycles. The van der Waals surface area contributed by atoms with Crippen molar-refractivity contribution in [3.63, 3.8) is 0 Å². The Bertz CT molecular complexity index is 465. The van der Waals surface area contributed by atoms with Crippen LogP contribution in [0.5, 0.6) is 5.75 Å². The van der Waals surface area contributed by atoms with E-state index in [0.29, 0.717) is 12.3 Å². The number of carbonyl (C=O) groups is 1. The molecule has 0 bridgehead atoms. The Morgan fingerprint density at radius 2 is 2.35 bits per heavy atom. The summed E-state index contributed by atoms with van der Waals surface area (Å²) in [5, 5.41) is 15.3. The zero-order valence-corrected chi connectivity index (χ0v) is 12.4. The number of fused-ring (bicyclic) bond motifs is 1. The summed E-state index contributed by atoms with van der Waals surface area (Å²) >= 11 is 1.53. The lowest BCUT2D eigenvalue weighted by atomic mass is 10.2. The van der Waals surface area contributed by atoms with Gasteiger partial charge in [-0.25, -0.2) is 0 Å². The SMILES string of the molecule is CSC(CO)C(C)NC(=O)C1CNc2ccccc2O1. The van der Waals surface area contributed by atoms with Crippen LogP contribution >= 0.6 is 11.8 Å². The molecule has 6 heteroatoms. The lowest BCUT2D eigenvalue weighted by Crippen LogP contribution is -2.50. The van der Waals surface area contributed by atoms with E-state index in [4.69, 9.17) is 4.74 Å². The first-order valence-corrected chi connectivity index (χ1v) is 7.88. The summed E-state index contributed by atoms with van der Waals surface area (Å²) in [6.07, 6.45) is 1.37. The van der Waals surface area contributed by atoms with Crippen LogP contribution in [-0.2, 0) is 4.79 Å². The van der Waals surface area contributed by atoms with Gasteiger partial charge in [0.05, 0.1) is 18.8 Å². The molecule has 1 aliphatic rings. The van der Waals surface area contributed by atoms with Gasteiger partial charge >= 0.3 is 0 Å². The van der Waals surface area contributed by atoms with Crippen molar-refractivity contribution in [2.75, 3.05) is 24.7 Å². The number of para-hydroxylation sites is 2. The molecule has 1 aliphatic heterocycles. The van der Waals surface area contributed by atoms with Crippen LogP contribution < -0.4 is 15.4 Å². The van der Waals surface area contributed by atoms with Crippen LogP contribution in [-0.4, -0.2) is 47.8 Å². The molecular weight excluding hydrogens is 276 g/mol. The highest BCUT2D eigenvalue weighted by Gasteiger charge is 2.28. The number of carbonyl (C=O) groups excluding carboxylic acids is 1. The number of benzene rings is 1. The van der Waals surface area contributed by atoms with E-state index in [1.807, 2.05) is 37.4 Å². The summed E-state index contributed by atoms with van der Waals surface area (Å²) in [5.74, 6) is 0.530. The second kappa shape index (κ2) is 6.85. The van der Waals surface area contributed by atoms with Gasteiger partial charge in [0, 0.05) is 11.3 Å². The van der Waals surface area contributed by atoms with E-state index in [1.54, 1.807) is 0 Å². The van der Waals surface area contributed by atoms with Crippen molar-refractivity contribution in [1.29, 1.82) is 0 Å². The van der Waals surface area contributed by atoms with Gasteiger partial charge in [0.1, 0.15) is 5.75 Å². The summed E-state index contributed by atoms with van der Waals surface area (Å²) in [6, 6.07) is 7.44. The maximum atomic E-state index is 12.2. The Kier molecular flexibility index (Phi) is 5.14. The quantitative estimate of drug-likeness (QED) is 0.759. The lowest BCUT2D eigenvalue weighted by molar-refractivity contribution is -0.128. The highest BCUT2D eigenvalue weighted by Crippen LogP contribution is 2.28. The first-order valence-electron chi connectivity index (χ1n) is 6.59. The topological polar surface area (TPSA) is 70.6 Å². The second-order valence-corrected chi connectivity index (χ2v) is 5.81. The molecule has 0 fully saturated rings. The largest absolute Gasteiger partial charge is 0.477 e. The van der Waals surface area contributed by atoms with Crippen molar-refractivity contribution in [3.8, 4) is 5.75 Å². The molecule has 0 aliphatic carbocycles. The molecule has 1 aromatic rings. The van der Waals surface area contributed by atoms with E-state index in [1.165, 1.54) is 11.8 Å². The summed E-state index contributed by atoms with van der Waals surface area (Å²) < 4.78 is 5.70. The monoisotopic (exact) mass is 296 g/mol. The lowest BCUT2D eigenvalue weighted by Gasteiger charge is -2.29. The molecule has 1 aromatic carbocycles. The fourth-order valence-corrected chi connectivity index (χ4v) is 2.73. The van der Waals surface area contributed by atoms with Gasteiger partial charge in [0.25, 0.3) is 5.91 Å². The number of hydrogen-bond acceptors (Lipinski definition) is 5. The summed E-state index contributed by atoms with van der Waals surface area (Å²) in [6.45, 7) is 2.37. The van der Waals surface area contributed by atoms with Gasteiger partial charge in [0.15, 0.2) is 6.10 Å². The molecule has 0 radical (unpaired) electrons.